The Bertz CT molecular complexity index is 1290. The number of carbonyl (C=O) groups is 1. The van der Waals surface area contributed by atoms with E-state index in [9.17, 15) is 9.90 Å². The topological polar surface area (TPSA) is 158 Å². The first-order chi connectivity index (χ1) is 14.4. The normalized spacial score (nSPS) is 11.7. The Hall–Kier alpha value is -4.15. The fraction of sp³-hybridized carbons (Fsp3) is 0.211. The van der Waals surface area contributed by atoms with E-state index in [0.29, 0.717) is 27.7 Å². The predicted octanol–water partition coefficient (Wildman–Crippen LogP) is 3.45. The lowest BCUT2D eigenvalue weighted by atomic mass is 10.0. The van der Waals surface area contributed by atoms with Crippen molar-refractivity contribution in [1.82, 2.24) is 25.3 Å². The van der Waals surface area contributed by atoms with Crippen LogP contribution in [0.3, 0.4) is 0 Å². The van der Waals surface area contributed by atoms with Gasteiger partial charge in [-0.3, -0.25) is 4.79 Å². The lowest BCUT2D eigenvalue weighted by Crippen LogP contribution is -2.09. The number of anilines is 1. The number of hydrogen-bond donors (Lipinski definition) is 2. The van der Waals surface area contributed by atoms with Gasteiger partial charge in [0, 0.05) is 10.8 Å². The summed E-state index contributed by atoms with van der Waals surface area (Å²) in [7, 11) is 0. The molecule has 0 aliphatic rings. The molecular weight excluding hydrogens is 388 g/mol. The molecule has 0 saturated heterocycles. The van der Waals surface area contributed by atoms with Gasteiger partial charge in [-0.2, -0.15) is 4.68 Å². The molecule has 4 rings (SSSR count). The number of nitrogens with zero attached hydrogens (tertiary/aromatic N) is 7. The quantitative estimate of drug-likeness (QED) is 0.488. The van der Waals surface area contributed by atoms with Gasteiger partial charge in [-0.15, -0.1) is 15.3 Å². The van der Waals surface area contributed by atoms with Crippen LogP contribution in [0.15, 0.2) is 45.2 Å². The molecule has 4 aromatic rings. The number of fused-ring (bicyclic) bond motifs is 1. The summed E-state index contributed by atoms with van der Waals surface area (Å²) in [6.45, 7) is 5.51. The molecule has 1 amide bonds. The molecule has 11 nitrogen and oxygen atoms in total. The molecule has 0 spiro atoms. The van der Waals surface area contributed by atoms with E-state index in [1.165, 1.54) is 4.68 Å². The van der Waals surface area contributed by atoms with Crippen molar-refractivity contribution >= 4 is 28.2 Å². The fourth-order valence-electron chi connectivity index (χ4n) is 3.21. The van der Waals surface area contributed by atoms with E-state index in [1.807, 2.05) is 19.9 Å². The highest BCUT2D eigenvalue weighted by atomic mass is 16.6. The minimum atomic E-state index is -0.670. The van der Waals surface area contributed by atoms with Crippen molar-refractivity contribution < 1.29 is 14.5 Å². The molecule has 11 heteroatoms. The van der Waals surface area contributed by atoms with E-state index in [-0.39, 0.29) is 29.0 Å². The molecule has 2 heterocycles. The van der Waals surface area contributed by atoms with Gasteiger partial charge in [0.15, 0.2) is 5.69 Å². The maximum Gasteiger partial charge on any atom is 0.317 e. The lowest BCUT2D eigenvalue weighted by Gasteiger charge is -2.08. The summed E-state index contributed by atoms with van der Waals surface area (Å²) in [4.78, 5) is 12.8. The number of amides is 1. The third-order valence-corrected chi connectivity index (χ3v) is 4.58. The van der Waals surface area contributed by atoms with Gasteiger partial charge in [0.2, 0.25) is 11.6 Å². The van der Waals surface area contributed by atoms with E-state index >= 15 is 0 Å². The van der Waals surface area contributed by atoms with Crippen LogP contribution in [0.5, 0.6) is 5.75 Å². The number of carbonyl (C=O) groups excluding carboxylic acids is 1. The first-order valence-electron chi connectivity index (χ1n) is 9.09. The number of aromatic hydroxyl groups is 1. The molecule has 0 aliphatic carbocycles. The van der Waals surface area contributed by atoms with Crippen LogP contribution in [0, 0.1) is 6.92 Å². The average Bonchev–Trinajstić information content (AvgIpc) is 3.33. The Morgan fingerprint density at radius 3 is 2.63 bits per heavy atom. The molecule has 2 aromatic carbocycles. The van der Waals surface area contributed by atoms with Crippen LogP contribution >= 0.6 is 0 Å². The highest BCUT2D eigenvalue weighted by molar-refractivity contribution is 5.99. The summed E-state index contributed by atoms with van der Waals surface area (Å²) in [6.07, 6.45) is 0. The zero-order valence-electron chi connectivity index (χ0n) is 16.4. The fourth-order valence-corrected chi connectivity index (χ4v) is 3.21. The number of azo groups is 1. The van der Waals surface area contributed by atoms with Crippen LogP contribution in [-0.4, -0.2) is 36.3 Å². The minimum absolute atomic E-state index is 0.0219. The van der Waals surface area contributed by atoms with Crippen LogP contribution in [0.2, 0.25) is 0 Å². The number of phenolic OH excluding ortho intramolecular Hbond substituents is 1. The van der Waals surface area contributed by atoms with Crippen molar-refractivity contribution in [2.45, 2.75) is 26.7 Å². The van der Waals surface area contributed by atoms with Gasteiger partial charge in [-0.25, -0.2) is 4.63 Å². The molecular formula is C19H18N8O3. The Labute approximate surface area is 170 Å². The second-order valence-electron chi connectivity index (χ2n) is 6.97. The van der Waals surface area contributed by atoms with Gasteiger partial charge in [-0.05, 0) is 34.8 Å². The highest BCUT2D eigenvalue weighted by Crippen LogP contribution is 2.36. The Balaban J connectivity index is 1.76. The monoisotopic (exact) mass is 406 g/mol. The molecule has 0 bridgehead atoms. The van der Waals surface area contributed by atoms with E-state index in [1.54, 1.807) is 31.2 Å². The predicted molar refractivity (Wildman–Crippen MR) is 107 cm³/mol. The van der Waals surface area contributed by atoms with Gasteiger partial charge >= 0.3 is 5.91 Å². The van der Waals surface area contributed by atoms with Gasteiger partial charge in [0.1, 0.15) is 5.75 Å². The number of aromatic nitrogens is 5. The summed E-state index contributed by atoms with van der Waals surface area (Å²) in [5, 5.41) is 34.6. The van der Waals surface area contributed by atoms with Gasteiger partial charge < -0.3 is 10.8 Å². The van der Waals surface area contributed by atoms with Crippen molar-refractivity contribution in [3.8, 4) is 11.6 Å². The molecule has 0 aliphatic heterocycles. The smallest absolute Gasteiger partial charge is 0.317 e. The Kier molecular flexibility index (Phi) is 4.70. The van der Waals surface area contributed by atoms with Crippen LogP contribution in [0.1, 0.15) is 41.5 Å². The standard InChI is InChI=1S/C19H18N8O3/c1-9(2)16-15(22-26-27(16)18-17(20)24-30-25-18)19(29)23-21-14-10(3)8-13(28)11-6-4-5-7-12(11)14/h4-9,28H,1-3H3,(H2,20,24). The summed E-state index contributed by atoms with van der Waals surface area (Å²) in [6, 6.07) is 8.78. The average molecular weight is 406 g/mol. The molecule has 152 valence electrons. The van der Waals surface area contributed by atoms with Crippen molar-refractivity contribution in [2.75, 3.05) is 5.73 Å². The molecule has 0 atom stereocenters. The van der Waals surface area contributed by atoms with Crippen LogP contribution in [-0.2, 0) is 0 Å². The second kappa shape index (κ2) is 7.35. The third kappa shape index (κ3) is 3.15. The van der Waals surface area contributed by atoms with Gasteiger partial charge in [0.05, 0.1) is 11.4 Å². The summed E-state index contributed by atoms with van der Waals surface area (Å²) < 4.78 is 5.92. The molecule has 2 aromatic heterocycles. The highest BCUT2D eigenvalue weighted by Gasteiger charge is 2.26. The molecule has 0 unspecified atom stereocenters. The number of benzene rings is 2. The number of nitrogen functional groups attached to an aromatic ring is 1. The summed E-state index contributed by atoms with van der Waals surface area (Å²) in [5.74, 6) is -0.522. The number of nitrogens with two attached hydrogens (primary N) is 1. The first-order valence-corrected chi connectivity index (χ1v) is 9.09. The number of hydrogen-bond acceptors (Lipinski definition) is 9. The number of phenols is 1. The largest absolute Gasteiger partial charge is 0.507 e. The molecule has 30 heavy (non-hydrogen) atoms. The third-order valence-electron chi connectivity index (χ3n) is 4.58. The Morgan fingerprint density at radius 1 is 1.23 bits per heavy atom. The summed E-state index contributed by atoms with van der Waals surface area (Å²) >= 11 is 0. The van der Waals surface area contributed by atoms with E-state index < -0.39 is 5.91 Å². The zero-order valence-corrected chi connectivity index (χ0v) is 16.4. The summed E-state index contributed by atoms with van der Waals surface area (Å²) in [5.41, 5.74) is 7.38. The number of rotatable bonds is 4. The second-order valence-corrected chi connectivity index (χ2v) is 6.97. The van der Waals surface area contributed by atoms with Gasteiger partial charge in [-0.1, -0.05) is 43.3 Å². The zero-order chi connectivity index (χ0) is 21.4. The van der Waals surface area contributed by atoms with E-state index in [0.717, 1.165) is 0 Å². The van der Waals surface area contributed by atoms with E-state index in [4.69, 9.17) is 5.73 Å². The van der Waals surface area contributed by atoms with Gasteiger partial charge in [0.25, 0.3) is 0 Å². The number of aryl methyl sites for hydroxylation is 1. The maximum atomic E-state index is 12.8. The van der Waals surface area contributed by atoms with Crippen molar-refractivity contribution in [3.05, 3.63) is 47.3 Å². The van der Waals surface area contributed by atoms with Crippen molar-refractivity contribution in [2.24, 2.45) is 10.2 Å². The van der Waals surface area contributed by atoms with Crippen molar-refractivity contribution in [1.29, 1.82) is 0 Å². The maximum absolute atomic E-state index is 12.8. The van der Waals surface area contributed by atoms with Crippen LogP contribution in [0.4, 0.5) is 11.5 Å². The lowest BCUT2D eigenvalue weighted by molar-refractivity contribution is 0.0989. The van der Waals surface area contributed by atoms with Crippen LogP contribution < -0.4 is 5.73 Å². The molecule has 3 N–H and O–H groups in total. The Morgan fingerprint density at radius 2 is 1.97 bits per heavy atom. The molecule has 0 radical (unpaired) electrons. The van der Waals surface area contributed by atoms with Crippen molar-refractivity contribution in [3.63, 3.8) is 0 Å². The molecule has 0 fully saturated rings. The SMILES string of the molecule is Cc1cc(O)c2ccccc2c1N=NC(=O)c1nnn(-c2nonc2N)c1C(C)C. The minimum Gasteiger partial charge on any atom is -0.507 e. The van der Waals surface area contributed by atoms with Crippen LogP contribution in [0.25, 0.3) is 16.6 Å². The molecule has 0 saturated carbocycles. The first kappa shape index (κ1) is 19.2. The van der Waals surface area contributed by atoms with E-state index in [2.05, 4.69) is 35.5 Å².